The van der Waals surface area contributed by atoms with Gasteiger partial charge in [-0.25, -0.2) is 14.4 Å². The van der Waals surface area contributed by atoms with E-state index in [1.54, 1.807) is 20.8 Å². The Morgan fingerprint density at radius 3 is 2.35 bits per heavy atom. The highest BCUT2D eigenvalue weighted by atomic mass is 16.6. The van der Waals surface area contributed by atoms with E-state index in [0.717, 1.165) is 0 Å². The number of hydrogen-bond acceptors (Lipinski definition) is 6. The zero-order chi connectivity index (χ0) is 17.9. The van der Waals surface area contributed by atoms with Crippen molar-refractivity contribution >= 4 is 18.2 Å². The van der Waals surface area contributed by atoms with Gasteiger partial charge in [0.1, 0.15) is 18.2 Å². The number of carboxylic acid groups (broad SMARTS) is 1. The molecular formula is C14H27N3O6. The van der Waals surface area contributed by atoms with Crippen molar-refractivity contribution in [1.82, 2.24) is 10.6 Å². The van der Waals surface area contributed by atoms with Crippen molar-refractivity contribution in [1.29, 1.82) is 0 Å². The molecule has 0 aliphatic carbocycles. The van der Waals surface area contributed by atoms with E-state index >= 15 is 0 Å². The normalized spacial score (nSPS) is 12.2. The summed E-state index contributed by atoms with van der Waals surface area (Å²) >= 11 is 0. The van der Waals surface area contributed by atoms with Crippen LogP contribution in [0.2, 0.25) is 0 Å². The molecule has 1 unspecified atom stereocenters. The molecule has 23 heavy (non-hydrogen) atoms. The van der Waals surface area contributed by atoms with Crippen LogP contribution in [0.25, 0.3) is 0 Å². The Kier molecular flexibility index (Phi) is 9.71. The summed E-state index contributed by atoms with van der Waals surface area (Å²) in [5.74, 6) is -1.13. The number of amides is 2. The first kappa shape index (κ1) is 21.0. The minimum atomic E-state index is -1.13. The molecule has 0 aromatic rings. The zero-order valence-corrected chi connectivity index (χ0v) is 13.9. The van der Waals surface area contributed by atoms with Crippen molar-refractivity contribution in [3.63, 3.8) is 0 Å². The Labute approximate surface area is 135 Å². The molecular weight excluding hydrogens is 306 g/mol. The van der Waals surface area contributed by atoms with Gasteiger partial charge in [0, 0.05) is 13.1 Å². The molecule has 0 rings (SSSR count). The maximum Gasteiger partial charge on any atom is 0.408 e. The zero-order valence-electron chi connectivity index (χ0n) is 13.9. The molecule has 1 atom stereocenters. The second-order valence-corrected chi connectivity index (χ2v) is 5.88. The first-order chi connectivity index (χ1) is 10.7. The second kappa shape index (κ2) is 10.7. The van der Waals surface area contributed by atoms with Crippen molar-refractivity contribution in [2.75, 3.05) is 19.7 Å². The summed E-state index contributed by atoms with van der Waals surface area (Å²) in [6.07, 6.45) is -0.0410. The van der Waals surface area contributed by atoms with Crippen LogP contribution in [0.4, 0.5) is 9.59 Å². The van der Waals surface area contributed by atoms with E-state index < -0.39 is 29.8 Å². The SMILES string of the molecule is CC(C)(C)OC(=O)NC(CCCCNC(=O)OCCN)C(=O)O. The fraction of sp³-hybridized carbons (Fsp3) is 0.786. The van der Waals surface area contributed by atoms with E-state index in [1.165, 1.54) is 0 Å². The minimum Gasteiger partial charge on any atom is -0.480 e. The molecule has 0 aromatic carbocycles. The number of nitrogens with two attached hydrogens (primary N) is 1. The van der Waals surface area contributed by atoms with Gasteiger partial charge in [0.15, 0.2) is 0 Å². The van der Waals surface area contributed by atoms with Gasteiger partial charge in [0.05, 0.1) is 0 Å². The summed E-state index contributed by atoms with van der Waals surface area (Å²) < 4.78 is 9.73. The van der Waals surface area contributed by atoms with E-state index in [0.29, 0.717) is 19.4 Å². The molecule has 9 nitrogen and oxygen atoms in total. The number of hydrogen-bond donors (Lipinski definition) is 4. The minimum absolute atomic E-state index is 0.146. The predicted molar refractivity (Wildman–Crippen MR) is 83.0 cm³/mol. The molecule has 0 radical (unpaired) electrons. The third-order valence-electron chi connectivity index (χ3n) is 2.53. The molecule has 0 aliphatic heterocycles. The van der Waals surface area contributed by atoms with Gasteiger partial charge >= 0.3 is 18.2 Å². The molecule has 2 amide bonds. The van der Waals surface area contributed by atoms with Crippen LogP contribution in [0.1, 0.15) is 40.0 Å². The van der Waals surface area contributed by atoms with Crippen LogP contribution in [0.5, 0.6) is 0 Å². The van der Waals surface area contributed by atoms with E-state index in [4.69, 9.17) is 20.3 Å². The molecule has 0 aliphatic rings. The Balaban J connectivity index is 4.00. The van der Waals surface area contributed by atoms with Crippen LogP contribution in [0.3, 0.4) is 0 Å². The average Bonchev–Trinajstić information content (AvgIpc) is 2.41. The lowest BCUT2D eigenvalue weighted by Crippen LogP contribution is -2.43. The molecule has 9 heteroatoms. The summed E-state index contributed by atoms with van der Waals surface area (Å²) in [7, 11) is 0. The first-order valence-corrected chi connectivity index (χ1v) is 7.48. The lowest BCUT2D eigenvalue weighted by Gasteiger charge is -2.22. The fourth-order valence-electron chi connectivity index (χ4n) is 1.57. The van der Waals surface area contributed by atoms with Gasteiger partial charge in [-0.3, -0.25) is 0 Å². The average molecular weight is 333 g/mol. The molecule has 0 aromatic heterocycles. The Morgan fingerprint density at radius 2 is 1.83 bits per heavy atom. The third-order valence-corrected chi connectivity index (χ3v) is 2.53. The van der Waals surface area contributed by atoms with Gasteiger partial charge in [-0.05, 0) is 40.0 Å². The van der Waals surface area contributed by atoms with E-state index in [-0.39, 0.29) is 19.6 Å². The highest BCUT2D eigenvalue weighted by molar-refractivity contribution is 5.79. The number of alkyl carbamates (subject to hydrolysis) is 2. The fourth-order valence-corrected chi connectivity index (χ4v) is 1.57. The number of carboxylic acids is 1. The van der Waals surface area contributed by atoms with Gasteiger partial charge in [0.2, 0.25) is 0 Å². The Bertz CT molecular complexity index is 394. The number of aliphatic carboxylic acids is 1. The van der Waals surface area contributed by atoms with Crippen LogP contribution in [-0.2, 0) is 14.3 Å². The molecule has 0 bridgehead atoms. The Morgan fingerprint density at radius 1 is 1.17 bits per heavy atom. The van der Waals surface area contributed by atoms with E-state index in [9.17, 15) is 14.4 Å². The monoisotopic (exact) mass is 333 g/mol. The molecule has 134 valence electrons. The number of carbonyl (C=O) groups excluding carboxylic acids is 2. The van der Waals surface area contributed by atoms with Crippen molar-refractivity contribution in [3.8, 4) is 0 Å². The van der Waals surface area contributed by atoms with Crippen molar-refractivity contribution in [2.45, 2.75) is 51.7 Å². The molecule has 0 saturated heterocycles. The summed E-state index contributed by atoms with van der Waals surface area (Å²) in [5, 5.41) is 13.9. The van der Waals surface area contributed by atoms with Gasteiger partial charge < -0.3 is 30.9 Å². The van der Waals surface area contributed by atoms with Gasteiger partial charge in [0.25, 0.3) is 0 Å². The molecule has 0 heterocycles. The second-order valence-electron chi connectivity index (χ2n) is 5.88. The van der Waals surface area contributed by atoms with Gasteiger partial charge in [-0.15, -0.1) is 0 Å². The third kappa shape index (κ3) is 12.2. The van der Waals surface area contributed by atoms with E-state index in [1.807, 2.05) is 0 Å². The maximum absolute atomic E-state index is 11.6. The number of unbranched alkanes of at least 4 members (excludes halogenated alkanes) is 1. The predicted octanol–water partition coefficient (Wildman–Crippen LogP) is 0.820. The first-order valence-electron chi connectivity index (χ1n) is 7.48. The van der Waals surface area contributed by atoms with Crippen LogP contribution in [-0.4, -0.2) is 54.6 Å². The maximum atomic E-state index is 11.6. The molecule has 0 spiro atoms. The molecule has 5 N–H and O–H groups in total. The topological polar surface area (TPSA) is 140 Å². The van der Waals surface area contributed by atoms with Crippen LogP contribution in [0, 0.1) is 0 Å². The van der Waals surface area contributed by atoms with Crippen LogP contribution in [0.15, 0.2) is 0 Å². The van der Waals surface area contributed by atoms with Crippen LogP contribution < -0.4 is 16.4 Å². The number of nitrogens with one attached hydrogen (secondary N) is 2. The number of carbonyl (C=O) groups is 3. The lowest BCUT2D eigenvalue weighted by atomic mass is 10.1. The van der Waals surface area contributed by atoms with Gasteiger partial charge in [-0.2, -0.15) is 0 Å². The summed E-state index contributed by atoms with van der Waals surface area (Å²) in [6, 6.07) is -1.03. The van der Waals surface area contributed by atoms with Crippen molar-refractivity contribution in [2.24, 2.45) is 5.73 Å². The van der Waals surface area contributed by atoms with Gasteiger partial charge in [-0.1, -0.05) is 0 Å². The summed E-state index contributed by atoms with van der Waals surface area (Å²) in [4.78, 5) is 33.8. The number of rotatable bonds is 9. The largest absolute Gasteiger partial charge is 0.480 e. The van der Waals surface area contributed by atoms with Crippen molar-refractivity contribution < 1.29 is 29.0 Å². The highest BCUT2D eigenvalue weighted by Gasteiger charge is 2.23. The molecule has 0 saturated carbocycles. The smallest absolute Gasteiger partial charge is 0.408 e. The molecule has 0 fully saturated rings. The van der Waals surface area contributed by atoms with Crippen molar-refractivity contribution in [3.05, 3.63) is 0 Å². The van der Waals surface area contributed by atoms with E-state index in [2.05, 4.69) is 10.6 Å². The standard InChI is InChI=1S/C14H27N3O6/c1-14(2,3)23-13(21)17-10(11(18)19)6-4-5-8-16-12(20)22-9-7-15/h10H,4-9,15H2,1-3H3,(H,16,20)(H,17,21)(H,18,19). The lowest BCUT2D eigenvalue weighted by molar-refractivity contribution is -0.139. The summed E-state index contributed by atoms with van der Waals surface area (Å²) in [5.41, 5.74) is 4.49. The quantitative estimate of drug-likeness (QED) is 0.458. The highest BCUT2D eigenvalue weighted by Crippen LogP contribution is 2.08. The Hall–Kier alpha value is -2.03. The summed E-state index contributed by atoms with van der Waals surface area (Å²) in [6.45, 7) is 5.83. The number of ether oxygens (including phenoxy) is 2. The van der Waals surface area contributed by atoms with Crippen LogP contribution >= 0.6 is 0 Å².